The van der Waals surface area contributed by atoms with Crippen LogP contribution in [-0.2, 0) is 4.79 Å². The van der Waals surface area contributed by atoms with Crippen LogP contribution in [-0.4, -0.2) is 47.1 Å². The molecule has 1 aliphatic heterocycles. The molecule has 0 radical (unpaired) electrons. The fourth-order valence-electron chi connectivity index (χ4n) is 1.25. The average Bonchev–Trinajstić information content (AvgIpc) is 2.06. The highest BCUT2D eigenvalue weighted by Gasteiger charge is 2.17. The molecule has 0 bridgehead atoms. The summed E-state index contributed by atoms with van der Waals surface area (Å²) in [6.07, 6.45) is 0. The van der Waals surface area contributed by atoms with Crippen molar-refractivity contribution >= 4 is 17.7 Å². The smallest absolute Gasteiger partial charge is 0.307 e. The van der Waals surface area contributed by atoms with Crippen molar-refractivity contribution in [2.24, 2.45) is 5.92 Å². The highest BCUT2D eigenvalue weighted by molar-refractivity contribution is 7.99. The topological polar surface area (TPSA) is 40.5 Å². The summed E-state index contributed by atoms with van der Waals surface area (Å²) in [6.45, 7) is 4.56. The quantitative estimate of drug-likeness (QED) is 0.711. The number of hydrogen-bond acceptors (Lipinski definition) is 3. The number of carboxylic acids is 1. The standard InChI is InChI=1S/C8H15NO2S/c1-7(8(10)11)6-9-2-4-12-5-3-9/h7H,2-6H2,1H3,(H,10,11). The molecule has 0 spiro atoms. The summed E-state index contributed by atoms with van der Waals surface area (Å²) in [6, 6.07) is 0. The molecular formula is C8H15NO2S. The van der Waals surface area contributed by atoms with E-state index in [1.165, 1.54) is 0 Å². The Balaban J connectivity index is 2.24. The van der Waals surface area contributed by atoms with Crippen molar-refractivity contribution in [1.82, 2.24) is 4.90 Å². The lowest BCUT2D eigenvalue weighted by molar-refractivity contribution is -0.141. The molecule has 3 nitrogen and oxygen atoms in total. The van der Waals surface area contributed by atoms with Crippen LogP contribution in [0.1, 0.15) is 6.92 Å². The van der Waals surface area contributed by atoms with Crippen LogP contribution in [0.25, 0.3) is 0 Å². The molecule has 0 aliphatic carbocycles. The summed E-state index contributed by atoms with van der Waals surface area (Å²) in [5, 5.41) is 8.68. The van der Waals surface area contributed by atoms with Crippen molar-refractivity contribution in [3.63, 3.8) is 0 Å². The van der Waals surface area contributed by atoms with Crippen LogP contribution in [0.5, 0.6) is 0 Å². The van der Waals surface area contributed by atoms with Gasteiger partial charge in [-0.25, -0.2) is 0 Å². The first-order valence-electron chi connectivity index (χ1n) is 4.23. The van der Waals surface area contributed by atoms with Gasteiger partial charge in [0.2, 0.25) is 0 Å². The van der Waals surface area contributed by atoms with Gasteiger partial charge in [0.25, 0.3) is 0 Å². The minimum atomic E-state index is -0.687. The van der Waals surface area contributed by atoms with Gasteiger partial charge in [-0.05, 0) is 0 Å². The fourth-order valence-corrected chi connectivity index (χ4v) is 2.23. The first-order chi connectivity index (χ1) is 5.70. The van der Waals surface area contributed by atoms with Gasteiger partial charge in [-0.3, -0.25) is 4.79 Å². The van der Waals surface area contributed by atoms with Gasteiger partial charge in [-0.1, -0.05) is 6.92 Å². The average molecular weight is 189 g/mol. The summed E-state index contributed by atoms with van der Waals surface area (Å²) >= 11 is 1.95. The van der Waals surface area contributed by atoms with E-state index >= 15 is 0 Å². The number of carbonyl (C=O) groups is 1. The minimum absolute atomic E-state index is 0.229. The van der Waals surface area contributed by atoms with Gasteiger partial charge in [-0.15, -0.1) is 0 Å². The van der Waals surface area contributed by atoms with Gasteiger partial charge in [-0.2, -0.15) is 11.8 Å². The molecule has 1 rings (SSSR count). The second-order valence-corrected chi connectivity index (χ2v) is 4.38. The van der Waals surface area contributed by atoms with E-state index in [9.17, 15) is 4.79 Å². The predicted molar refractivity (Wildman–Crippen MR) is 50.6 cm³/mol. The Hall–Kier alpha value is -0.220. The Morgan fingerprint density at radius 3 is 2.67 bits per heavy atom. The Morgan fingerprint density at radius 2 is 2.17 bits per heavy atom. The van der Waals surface area contributed by atoms with Gasteiger partial charge >= 0.3 is 5.97 Å². The summed E-state index contributed by atoms with van der Waals surface area (Å²) in [5.41, 5.74) is 0. The number of carboxylic acid groups (broad SMARTS) is 1. The minimum Gasteiger partial charge on any atom is -0.481 e. The molecule has 1 heterocycles. The molecule has 70 valence electrons. The van der Waals surface area contributed by atoms with Gasteiger partial charge in [0, 0.05) is 31.1 Å². The maximum Gasteiger partial charge on any atom is 0.307 e. The van der Waals surface area contributed by atoms with Crippen LogP contribution in [0.3, 0.4) is 0 Å². The third-order valence-corrected chi connectivity index (χ3v) is 3.00. The molecule has 1 fully saturated rings. The van der Waals surface area contributed by atoms with Crippen LogP contribution < -0.4 is 0 Å². The molecule has 0 aromatic heterocycles. The molecular weight excluding hydrogens is 174 g/mol. The summed E-state index contributed by atoms with van der Waals surface area (Å²) < 4.78 is 0. The molecule has 1 saturated heterocycles. The van der Waals surface area contributed by atoms with Crippen molar-refractivity contribution in [1.29, 1.82) is 0 Å². The molecule has 1 atom stereocenters. The van der Waals surface area contributed by atoms with Crippen molar-refractivity contribution in [3.05, 3.63) is 0 Å². The van der Waals surface area contributed by atoms with Crippen LogP contribution in [0.4, 0.5) is 0 Å². The maximum absolute atomic E-state index is 10.5. The molecule has 4 heteroatoms. The SMILES string of the molecule is CC(CN1CCSCC1)C(=O)O. The third kappa shape index (κ3) is 3.03. The zero-order valence-corrected chi connectivity index (χ0v) is 8.14. The lowest BCUT2D eigenvalue weighted by atomic mass is 10.2. The summed E-state index contributed by atoms with van der Waals surface area (Å²) in [4.78, 5) is 12.8. The van der Waals surface area contributed by atoms with E-state index in [2.05, 4.69) is 4.90 Å². The number of aliphatic carboxylic acids is 1. The third-order valence-electron chi connectivity index (χ3n) is 2.06. The van der Waals surface area contributed by atoms with Gasteiger partial charge in [0.15, 0.2) is 0 Å². The maximum atomic E-state index is 10.5. The Labute approximate surface area is 77.1 Å². The first-order valence-corrected chi connectivity index (χ1v) is 5.38. The molecule has 1 N–H and O–H groups in total. The summed E-state index contributed by atoms with van der Waals surface area (Å²) in [7, 11) is 0. The zero-order valence-electron chi connectivity index (χ0n) is 7.32. The molecule has 0 aromatic carbocycles. The first kappa shape index (κ1) is 9.86. The van der Waals surface area contributed by atoms with Gasteiger partial charge < -0.3 is 10.0 Å². The van der Waals surface area contributed by atoms with Gasteiger partial charge in [0.1, 0.15) is 0 Å². The van der Waals surface area contributed by atoms with Crippen LogP contribution in [0.2, 0.25) is 0 Å². The second kappa shape index (κ2) is 4.72. The van der Waals surface area contributed by atoms with E-state index in [0.29, 0.717) is 6.54 Å². The molecule has 12 heavy (non-hydrogen) atoms. The molecule has 0 amide bonds. The number of hydrogen-bond donors (Lipinski definition) is 1. The lowest BCUT2D eigenvalue weighted by Gasteiger charge is -2.27. The number of thioether (sulfide) groups is 1. The zero-order chi connectivity index (χ0) is 8.97. The van der Waals surface area contributed by atoms with Crippen molar-refractivity contribution in [2.75, 3.05) is 31.1 Å². The van der Waals surface area contributed by atoms with Crippen LogP contribution in [0, 0.1) is 5.92 Å². The van der Waals surface area contributed by atoms with E-state index in [1.807, 2.05) is 11.8 Å². The van der Waals surface area contributed by atoms with Crippen molar-refractivity contribution in [2.45, 2.75) is 6.92 Å². The lowest BCUT2D eigenvalue weighted by Crippen LogP contribution is -2.37. The van der Waals surface area contributed by atoms with Crippen LogP contribution in [0.15, 0.2) is 0 Å². The normalized spacial score (nSPS) is 22.1. The van der Waals surface area contributed by atoms with E-state index in [-0.39, 0.29) is 5.92 Å². The molecule has 0 aromatic rings. The Kier molecular flexibility index (Phi) is 3.88. The molecule has 0 saturated carbocycles. The van der Waals surface area contributed by atoms with E-state index in [0.717, 1.165) is 24.6 Å². The second-order valence-electron chi connectivity index (χ2n) is 3.15. The Morgan fingerprint density at radius 1 is 1.58 bits per heavy atom. The van der Waals surface area contributed by atoms with E-state index < -0.39 is 5.97 Å². The predicted octanol–water partition coefficient (Wildman–Crippen LogP) is 0.756. The largest absolute Gasteiger partial charge is 0.481 e. The summed E-state index contributed by atoms with van der Waals surface area (Å²) in [5.74, 6) is 1.37. The van der Waals surface area contributed by atoms with Crippen molar-refractivity contribution < 1.29 is 9.90 Å². The molecule has 1 aliphatic rings. The highest BCUT2D eigenvalue weighted by Crippen LogP contribution is 2.10. The highest BCUT2D eigenvalue weighted by atomic mass is 32.2. The van der Waals surface area contributed by atoms with E-state index in [4.69, 9.17) is 5.11 Å². The molecule has 1 unspecified atom stereocenters. The van der Waals surface area contributed by atoms with Crippen molar-refractivity contribution in [3.8, 4) is 0 Å². The van der Waals surface area contributed by atoms with Crippen LogP contribution >= 0.6 is 11.8 Å². The number of nitrogens with zero attached hydrogens (tertiary/aromatic N) is 1. The monoisotopic (exact) mass is 189 g/mol. The number of rotatable bonds is 3. The Bertz CT molecular complexity index is 157. The van der Waals surface area contributed by atoms with Gasteiger partial charge in [0.05, 0.1) is 5.92 Å². The fraction of sp³-hybridized carbons (Fsp3) is 0.875. The van der Waals surface area contributed by atoms with E-state index in [1.54, 1.807) is 6.92 Å².